The van der Waals surface area contributed by atoms with E-state index in [4.69, 9.17) is 9.47 Å². The molecule has 1 N–H and O–H groups in total. The first-order valence-electron chi connectivity index (χ1n) is 8.41. The predicted octanol–water partition coefficient (Wildman–Crippen LogP) is 5.00. The summed E-state index contributed by atoms with van der Waals surface area (Å²) in [6.07, 6.45) is 4.25. The van der Waals surface area contributed by atoms with E-state index in [0.29, 0.717) is 12.2 Å². The molecule has 0 aliphatic heterocycles. The van der Waals surface area contributed by atoms with Gasteiger partial charge in [0.25, 0.3) is 0 Å². The summed E-state index contributed by atoms with van der Waals surface area (Å²) in [6, 6.07) is 13.9. The number of allylic oxidation sites excluding steroid dienone is 1. The van der Waals surface area contributed by atoms with Crippen LogP contribution in [0.15, 0.2) is 65.6 Å². The second kappa shape index (κ2) is 9.00. The topological polar surface area (TPSA) is 55.7 Å². The summed E-state index contributed by atoms with van der Waals surface area (Å²) >= 11 is 1.51. The number of nitrogens with zero attached hydrogens (tertiary/aromatic N) is 2. The number of ether oxygens (including phenoxy) is 2. The second-order valence-electron chi connectivity index (χ2n) is 5.68. The van der Waals surface area contributed by atoms with E-state index in [-0.39, 0.29) is 0 Å². The van der Waals surface area contributed by atoms with E-state index in [0.717, 1.165) is 33.3 Å². The number of thiazole rings is 1. The maximum absolute atomic E-state index is 5.45. The average Bonchev–Trinajstić information content (AvgIpc) is 3.17. The average molecular weight is 379 g/mol. The van der Waals surface area contributed by atoms with Crippen LogP contribution in [0.4, 0.5) is 5.13 Å². The second-order valence-corrected chi connectivity index (χ2v) is 6.54. The lowest BCUT2D eigenvalue weighted by atomic mass is 10.1. The van der Waals surface area contributed by atoms with Crippen molar-refractivity contribution in [2.24, 2.45) is 5.10 Å². The van der Waals surface area contributed by atoms with Crippen LogP contribution in [0.1, 0.15) is 11.1 Å². The van der Waals surface area contributed by atoms with Gasteiger partial charge in [-0.25, -0.2) is 4.98 Å². The normalized spacial score (nSPS) is 10.7. The monoisotopic (exact) mass is 379 g/mol. The Morgan fingerprint density at radius 1 is 1.19 bits per heavy atom. The summed E-state index contributed by atoms with van der Waals surface area (Å²) in [7, 11) is 3.25. The van der Waals surface area contributed by atoms with Crippen molar-refractivity contribution in [2.75, 3.05) is 19.6 Å². The van der Waals surface area contributed by atoms with E-state index < -0.39 is 0 Å². The van der Waals surface area contributed by atoms with Crippen LogP contribution < -0.4 is 14.9 Å². The van der Waals surface area contributed by atoms with Crippen molar-refractivity contribution in [3.05, 3.63) is 71.6 Å². The van der Waals surface area contributed by atoms with Gasteiger partial charge in [0.15, 0.2) is 11.5 Å². The Labute approximate surface area is 163 Å². The highest BCUT2D eigenvalue weighted by molar-refractivity contribution is 7.14. The quantitative estimate of drug-likeness (QED) is 0.340. The van der Waals surface area contributed by atoms with Crippen LogP contribution in [0.2, 0.25) is 0 Å². The zero-order chi connectivity index (χ0) is 19.1. The number of benzene rings is 2. The Hall–Kier alpha value is -3.12. The van der Waals surface area contributed by atoms with E-state index in [1.807, 2.05) is 53.9 Å². The van der Waals surface area contributed by atoms with Crippen molar-refractivity contribution in [3.63, 3.8) is 0 Å². The van der Waals surface area contributed by atoms with E-state index in [1.165, 1.54) is 11.3 Å². The van der Waals surface area contributed by atoms with Crippen LogP contribution in [-0.4, -0.2) is 25.4 Å². The van der Waals surface area contributed by atoms with Crippen molar-refractivity contribution in [1.82, 2.24) is 4.98 Å². The minimum absolute atomic E-state index is 0.666. The number of methoxy groups -OCH3 is 2. The molecule has 0 aliphatic carbocycles. The van der Waals surface area contributed by atoms with Gasteiger partial charge in [0.1, 0.15) is 0 Å². The summed E-state index contributed by atoms with van der Waals surface area (Å²) in [6.45, 7) is 3.80. The summed E-state index contributed by atoms with van der Waals surface area (Å²) in [4.78, 5) is 4.56. The molecule has 3 aromatic rings. The molecule has 0 aliphatic rings. The summed E-state index contributed by atoms with van der Waals surface area (Å²) < 4.78 is 10.9. The molecule has 0 radical (unpaired) electrons. The zero-order valence-electron chi connectivity index (χ0n) is 15.3. The third-order valence-electron chi connectivity index (χ3n) is 3.89. The molecule has 5 nitrogen and oxygen atoms in total. The molecular formula is C21H21N3O2S. The largest absolute Gasteiger partial charge is 0.493 e. The number of hydrazone groups is 1. The van der Waals surface area contributed by atoms with Gasteiger partial charge in [-0.15, -0.1) is 17.9 Å². The first-order valence-corrected chi connectivity index (χ1v) is 9.29. The molecule has 0 saturated carbocycles. The Kier molecular flexibility index (Phi) is 6.22. The smallest absolute Gasteiger partial charge is 0.203 e. The third kappa shape index (κ3) is 4.54. The highest BCUT2D eigenvalue weighted by atomic mass is 32.1. The molecule has 6 heteroatoms. The molecule has 27 heavy (non-hydrogen) atoms. The molecule has 1 aromatic heterocycles. The van der Waals surface area contributed by atoms with Crippen LogP contribution >= 0.6 is 11.3 Å². The highest BCUT2D eigenvalue weighted by Crippen LogP contribution is 2.32. The van der Waals surface area contributed by atoms with Crippen molar-refractivity contribution >= 4 is 22.7 Å². The van der Waals surface area contributed by atoms with Crippen molar-refractivity contribution in [2.45, 2.75) is 6.42 Å². The van der Waals surface area contributed by atoms with E-state index in [1.54, 1.807) is 20.4 Å². The summed E-state index contributed by atoms with van der Waals surface area (Å²) in [5, 5.41) is 7.04. The van der Waals surface area contributed by atoms with Crippen molar-refractivity contribution in [3.8, 4) is 22.8 Å². The zero-order valence-corrected chi connectivity index (χ0v) is 16.1. The number of hydrogen-bond acceptors (Lipinski definition) is 6. The lowest BCUT2D eigenvalue weighted by Gasteiger charge is -2.12. The minimum Gasteiger partial charge on any atom is -0.493 e. The van der Waals surface area contributed by atoms with Crippen LogP contribution in [0, 0.1) is 0 Å². The molecule has 0 saturated heterocycles. The number of aromatic nitrogens is 1. The number of hydrogen-bond donors (Lipinski definition) is 1. The molecule has 0 fully saturated rings. The van der Waals surface area contributed by atoms with Gasteiger partial charge < -0.3 is 9.47 Å². The molecular weight excluding hydrogens is 358 g/mol. The van der Waals surface area contributed by atoms with Crippen molar-refractivity contribution in [1.29, 1.82) is 0 Å². The maximum atomic E-state index is 5.45. The fourth-order valence-electron chi connectivity index (χ4n) is 2.68. The Morgan fingerprint density at radius 2 is 2.00 bits per heavy atom. The van der Waals surface area contributed by atoms with Gasteiger partial charge in [0, 0.05) is 16.5 Å². The van der Waals surface area contributed by atoms with E-state index in [2.05, 4.69) is 22.1 Å². The van der Waals surface area contributed by atoms with Crippen molar-refractivity contribution < 1.29 is 9.47 Å². The van der Waals surface area contributed by atoms with Gasteiger partial charge in [-0.1, -0.05) is 36.4 Å². The van der Waals surface area contributed by atoms with Crippen LogP contribution in [-0.2, 0) is 6.42 Å². The lowest BCUT2D eigenvalue weighted by molar-refractivity contribution is 0.352. The fraction of sp³-hybridized carbons (Fsp3) is 0.143. The van der Waals surface area contributed by atoms with E-state index in [9.17, 15) is 0 Å². The molecule has 0 bridgehead atoms. The Morgan fingerprint density at radius 3 is 2.70 bits per heavy atom. The molecule has 0 amide bonds. The molecule has 0 spiro atoms. The van der Waals surface area contributed by atoms with Gasteiger partial charge in [-0.3, -0.25) is 5.43 Å². The standard InChI is InChI=1S/C21H21N3O2S/c1-4-8-17-11-15(12-19(25-2)20(17)26-3)13-22-24-21-23-18(14-27-21)16-9-6-5-7-10-16/h4-7,9-14H,1,8H2,2-3H3,(H,23,24). The highest BCUT2D eigenvalue weighted by Gasteiger charge is 2.11. The van der Waals surface area contributed by atoms with Gasteiger partial charge in [0.2, 0.25) is 5.13 Å². The maximum Gasteiger partial charge on any atom is 0.203 e. The molecule has 0 unspecified atom stereocenters. The minimum atomic E-state index is 0.666. The SMILES string of the molecule is C=CCc1cc(C=NNc2nc(-c3ccccc3)cs2)cc(OC)c1OC. The van der Waals surface area contributed by atoms with Crippen LogP contribution in [0.25, 0.3) is 11.3 Å². The molecule has 3 rings (SSSR count). The Bertz CT molecular complexity index is 936. The predicted molar refractivity (Wildman–Crippen MR) is 112 cm³/mol. The number of rotatable bonds is 8. The Balaban J connectivity index is 1.75. The fourth-order valence-corrected chi connectivity index (χ4v) is 3.35. The molecule has 1 heterocycles. The third-order valence-corrected chi connectivity index (χ3v) is 4.64. The molecule has 138 valence electrons. The summed E-state index contributed by atoms with van der Waals surface area (Å²) in [5.41, 5.74) is 6.89. The van der Waals surface area contributed by atoms with Crippen LogP contribution in [0.3, 0.4) is 0 Å². The lowest BCUT2D eigenvalue weighted by Crippen LogP contribution is -1.98. The van der Waals surface area contributed by atoms with Gasteiger partial charge in [0.05, 0.1) is 26.1 Å². The van der Waals surface area contributed by atoms with Gasteiger partial charge in [-0.05, 0) is 24.1 Å². The number of anilines is 1. The molecule has 0 atom stereocenters. The molecule has 2 aromatic carbocycles. The first kappa shape index (κ1) is 18.7. The number of nitrogens with one attached hydrogen (secondary N) is 1. The van der Waals surface area contributed by atoms with Gasteiger partial charge >= 0.3 is 0 Å². The van der Waals surface area contributed by atoms with E-state index >= 15 is 0 Å². The first-order chi connectivity index (χ1) is 13.2. The summed E-state index contributed by atoms with van der Waals surface area (Å²) in [5.74, 6) is 1.38. The van der Waals surface area contributed by atoms with Gasteiger partial charge in [-0.2, -0.15) is 5.10 Å². The van der Waals surface area contributed by atoms with Crippen LogP contribution in [0.5, 0.6) is 11.5 Å².